The fourth-order valence-electron chi connectivity index (χ4n) is 5.60. The first kappa shape index (κ1) is 24.4. The number of fused-ring (bicyclic) bond motifs is 5. The molecule has 0 aliphatic carbocycles. The van der Waals surface area contributed by atoms with E-state index in [0.29, 0.717) is 28.2 Å². The van der Waals surface area contributed by atoms with Gasteiger partial charge in [0.2, 0.25) is 5.75 Å². The van der Waals surface area contributed by atoms with E-state index in [9.17, 15) is 9.59 Å². The zero-order valence-electron chi connectivity index (χ0n) is 22.3. The maximum absolute atomic E-state index is 13.8. The van der Waals surface area contributed by atoms with Gasteiger partial charge in [0.15, 0.2) is 11.5 Å². The zero-order valence-corrected chi connectivity index (χ0v) is 22.3. The fraction of sp³-hybridized carbons (Fsp3) is 0.200. The molecule has 0 fully saturated rings. The van der Waals surface area contributed by atoms with Crippen molar-refractivity contribution < 1.29 is 14.2 Å². The van der Waals surface area contributed by atoms with Crippen molar-refractivity contribution >= 4 is 16.6 Å². The lowest BCUT2D eigenvalue weighted by Crippen LogP contribution is -2.37. The maximum atomic E-state index is 13.8. The van der Waals surface area contributed by atoms with E-state index >= 15 is 0 Å². The number of aromatic nitrogens is 3. The summed E-state index contributed by atoms with van der Waals surface area (Å²) in [6.45, 7) is 0. The summed E-state index contributed by atoms with van der Waals surface area (Å²) in [5.41, 5.74) is 4.72. The molecule has 9 heteroatoms. The molecule has 2 aromatic heterocycles. The van der Waals surface area contributed by atoms with Crippen LogP contribution in [-0.4, -0.2) is 35.0 Å². The molecular formula is C30H28N4O5. The van der Waals surface area contributed by atoms with Gasteiger partial charge in [-0.15, -0.1) is 0 Å². The molecule has 3 aromatic carbocycles. The van der Waals surface area contributed by atoms with Gasteiger partial charge in [0.1, 0.15) is 0 Å². The monoisotopic (exact) mass is 524 g/mol. The van der Waals surface area contributed by atoms with E-state index in [1.807, 2.05) is 66.7 Å². The molecule has 1 aliphatic heterocycles. The van der Waals surface area contributed by atoms with Crippen molar-refractivity contribution in [1.82, 2.24) is 13.7 Å². The SMILES string of the molecule is COc1cc(C2Nc3ccccc3-n3c(-c4ccccc4)c4c(=O)n(C)c(=O)n(C)c4c32)cc(OC)c1OC. The van der Waals surface area contributed by atoms with Crippen molar-refractivity contribution in [1.29, 1.82) is 0 Å². The van der Waals surface area contributed by atoms with Gasteiger partial charge in [-0.3, -0.25) is 13.9 Å². The molecule has 0 amide bonds. The standard InChI is InChI=1S/C30H28N4O5/c1-32-26-23(29(35)33(2)30(32)36)25(17-11-7-6-8-12-17)34-20-14-10-9-13-19(20)31-24(27(26)34)18-15-21(37-3)28(39-5)22(16-18)38-4/h6-16,24,31H,1-5H3. The van der Waals surface area contributed by atoms with Crippen LogP contribution in [0.3, 0.4) is 0 Å². The average molecular weight is 525 g/mol. The summed E-state index contributed by atoms with van der Waals surface area (Å²) < 4.78 is 21.7. The molecule has 9 nitrogen and oxygen atoms in total. The Balaban J connectivity index is 1.82. The Labute approximate surface area is 224 Å². The third-order valence-electron chi connectivity index (χ3n) is 7.39. The van der Waals surface area contributed by atoms with E-state index in [-0.39, 0.29) is 5.56 Å². The maximum Gasteiger partial charge on any atom is 0.331 e. The number of rotatable bonds is 5. The van der Waals surface area contributed by atoms with Crippen molar-refractivity contribution in [2.75, 3.05) is 26.6 Å². The van der Waals surface area contributed by atoms with E-state index in [1.165, 1.54) is 7.05 Å². The Morgan fingerprint density at radius 1 is 0.795 bits per heavy atom. The van der Waals surface area contributed by atoms with Gasteiger partial charge in [-0.1, -0.05) is 42.5 Å². The highest BCUT2D eigenvalue weighted by Crippen LogP contribution is 2.48. The Morgan fingerprint density at radius 2 is 1.44 bits per heavy atom. The normalized spacial score (nSPS) is 13.9. The number of nitrogens with one attached hydrogen (secondary N) is 1. The van der Waals surface area contributed by atoms with Crippen LogP contribution in [0.25, 0.3) is 27.8 Å². The molecule has 3 heterocycles. The van der Waals surface area contributed by atoms with Crippen molar-refractivity contribution in [3.05, 3.63) is 98.8 Å². The van der Waals surface area contributed by atoms with Gasteiger partial charge >= 0.3 is 5.69 Å². The largest absolute Gasteiger partial charge is 0.493 e. The van der Waals surface area contributed by atoms with E-state index in [4.69, 9.17) is 14.2 Å². The predicted molar refractivity (Wildman–Crippen MR) is 151 cm³/mol. The minimum atomic E-state index is -0.466. The quantitative estimate of drug-likeness (QED) is 0.370. The van der Waals surface area contributed by atoms with Gasteiger partial charge in [-0.05, 0) is 35.4 Å². The lowest BCUT2D eigenvalue weighted by molar-refractivity contribution is 0.323. The number of hydrogen-bond donors (Lipinski definition) is 1. The molecule has 1 atom stereocenters. The third-order valence-corrected chi connectivity index (χ3v) is 7.39. The van der Waals surface area contributed by atoms with Gasteiger partial charge in [-0.25, -0.2) is 4.79 Å². The number of aryl methyl sites for hydroxylation is 1. The molecule has 6 rings (SSSR count). The first-order valence-corrected chi connectivity index (χ1v) is 12.5. The Morgan fingerprint density at radius 3 is 2.08 bits per heavy atom. The molecule has 5 aromatic rings. The molecule has 39 heavy (non-hydrogen) atoms. The second kappa shape index (κ2) is 9.13. The van der Waals surface area contributed by atoms with Crippen LogP contribution >= 0.6 is 0 Å². The van der Waals surface area contributed by atoms with Gasteiger partial charge < -0.3 is 24.1 Å². The minimum Gasteiger partial charge on any atom is -0.493 e. The molecule has 0 saturated heterocycles. The van der Waals surface area contributed by atoms with E-state index in [1.54, 1.807) is 32.9 Å². The van der Waals surface area contributed by atoms with Crippen LogP contribution in [-0.2, 0) is 14.1 Å². The zero-order chi connectivity index (χ0) is 27.4. The van der Waals surface area contributed by atoms with Crippen molar-refractivity contribution in [3.63, 3.8) is 0 Å². The second-order valence-electron chi connectivity index (χ2n) is 9.42. The van der Waals surface area contributed by atoms with E-state index in [2.05, 4.69) is 9.88 Å². The topological polar surface area (TPSA) is 88.7 Å². The average Bonchev–Trinajstić information content (AvgIpc) is 3.34. The smallest absolute Gasteiger partial charge is 0.331 e. The van der Waals surface area contributed by atoms with Crippen molar-refractivity contribution in [2.24, 2.45) is 14.1 Å². The van der Waals surface area contributed by atoms with E-state index in [0.717, 1.165) is 38.5 Å². The molecule has 1 unspecified atom stereocenters. The number of anilines is 1. The number of methoxy groups -OCH3 is 3. The first-order chi connectivity index (χ1) is 18.9. The van der Waals surface area contributed by atoms with Crippen LogP contribution in [0.1, 0.15) is 17.3 Å². The molecule has 198 valence electrons. The highest BCUT2D eigenvalue weighted by atomic mass is 16.5. The molecular weight excluding hydrogens is 496 g/mol. The van der Waals surface area contributed by atoms with Crippen LogP contribution < -0.4 is 30.8 Å². The van der Waals surface area contributed by atoms with Crippen LogP contribution in [0.15, 0.2) is 76.3 Å². The highest BCUT2D eigenvalue weighted by molar-refractivity contribution is 5.99. The summed E-state index contributed by atoms with van der Waals surface area (Å²) in [6, 6.07) is 21.0. The molecule has 0 spiro atoms. The van der Waals surface area contributed by atoms with Crippen LogP contribution in [0.4, 0.5) is 5.69 Å². The van der Waals surface area contributed by atoms with Gasteiger partial charge in [0.25, 0.3) is 5.56 Å². The Bertz CT molecular complexity index is 1840. The lowest BCUT2D eigenvalue weighted by atomic mass is 9.98. The molecule has 1 aliphatic rings. The fourth-order valence-corrected chi connectivity index (χ4v) is 5.60. The summed E-state index contributed by atoms with van der Waals surface area (Å²) >= 11 is 0. The van der Waals surface area contributed by atoms with Crippen LogP contribution in [0.5, 0.6) is 17.2 Å². The molecule has 0 radical (unpaired) electrons. The van der Waals surface area contributed by atoms with Crippen molar-refractivity contribution in [2.45, 2.75) is 6.04 Å². The van der Waals surface area contributed by atoms with Gasteiger partial charge in [0, 0.05) is 14.1 Å². The van der Waals surface area contributed by atoms with Gasteiger partial charge in [0.05, 0.1) is 61.0 Å². The van der Waals surface area contributed by atoms with Gasteiger partial charge in [-0.2, -0.15) is 0 Å². The number of benzene rings is 3. The first-order valence-electron chi connectivity index (χ1n) is 12.5. The molecule has 0 bridgehead atoms. The Kier molecular flexibility index (Phi) is 5.71. The highest BCUT2D eigenvalue weighted by Gasteiger charge is 2.35. The summed E-state index contributed by atoms with van der Waals surface area (Å²) in [7, 11) is 7.92. The summed E-state index contributed by atoms with van der Waals surface area (Å²) in [5, 5.41) is 4.12. The summed E-state index contributed by atoms with van der Waals surface area (Å²) in [5.74, 6) is 1.48. The van der Waals surface area contributed by atoms with E-state index < -0.39 is 11.7 Å². The van der Waals surface area contributed by atoms with Crippen molar-refractivity contribution in [3.8, 4) is 34.2 Å². The summed E-state index contributed by atoms with van der Waals surface area (Å²) in [6.07, 6.45) is 0. The number of hydrogen-bond acceptors (Lipinski definition) is 6. The van der Waals surface area contributed by atoms with Crippen LogP contribution in [0, 0.1) is 0 Å². The third kappa shape index (κ3) is 3.46. The lowest BCUT2D eigenvalue weighted by Gasteiger charge is -2.31. The number of ether oxygens (including phenoxy) is 3. The van der Waals surface area contributed by atoms with Crippen LogP contribution in [0.2, 0.25) is 0 Å². The number of para-hydroxylation sites is 2. The Hall–Kier alpha value is -4.92. The summed E-state index contributed by atoms with van der Waals surface area (Å²) in [4.78, 5) is 27.1. The minimum absolute atomic E-state index is 0.352. The molecule has 0 saturated carbocycles. The predicted octanol–water partition coefficient (Wildman–Crippen LogP) is 4.24. The second-order valence-corrected chi connectivity index (χ2v) is 9.42. The molecule has 1 N–H and O–H groups in total. The number of nitrogens with zero attached hydrogens (tertiary/aromatic N) is 3.